The molecule has 0 saturated carbocycles. The molecular formula is C23H30N2O6S. The molecule has 0 unspecified atom stereocenters. The number of anilines is 1. The number of hydrogen-bond acceptors (Lipinski definition) is 5. The van der Waals surface area contributed by atoms with Crippen molar-refractivity contribution in [3.63, 3.8) is 0 Å². The number of rotatable bonds is 8. The van der Waals surface area contributed by atoms with Crippen molar-refractivity contribution in [3.05, 3.63) is 34.7 Å². The molecule has 0 fully saturated rings. The van der Waals surface area contributed by atoms with Crippen LogP contribution in [-0.2, 0) is 4.79 Å². The molecule has 2 amide bonds. The first-order valence-corrected chi connectivity index (χ1v) is 11.0. The average molecular weight is 463 g/mol. The van der Waals surface area contributed by atoms with Crippen molar-refractivity contribution < 1.29 is 29.3 Å². The summed E-state index contributed by atoms with van der Waals surface area (Å²) in [6, 6.07) is 7.05. The van der Waals surface area contributed by atoms with Gasteiger partial charge in [0.05, 0.1) is 0 Å². The van der Waals surface area contributed by atoms with Crippen LogP contribution in [0, 0.1) is 12.3 Å². The van der Waals surface area contributed by atoms with Gasteiger partial charge in [0.25, 0.3) is 0 Å². The van der Waals surface area contributed by atoms with E-state index < -0.39 is 18.5 Å². The zero-order valence-electron chi connectivity index (χ0n) is 19.2. The van der Waals surface area contributed by atoms with Crippen LogP contribution in [0.1, 0.15) is 49.9 Å². The summed E-state index contributed by atoms with van der Waals surface area (Å²) in [5, 5.41) is 21.4. The quantitative estimate of drug-likeness (QED) is 0.516. The summed E-state index contributed by atoms with van der Waals surface area (Å²) in [6.07, 6.45) is 0. The molecule has 1 aromatic carbocycles. The van der Waals surface area contributed by atoms with Crippen molar-refractivity contribution in [1.82, 2.24) is 5.32 Å². The SMILES string of the molecule is Cc1c(-c2cccc(N(CC(C)(C)C)C(=O)NC(C)C)c2)sc(C(=O)O)c1OCC(=O)O. The minimum Gasteiger partial charge on any atom is -0.480 e. The molecule has 8 nitrogen and oxygen atoms in total. The van der Waals surface area contributed by atoms with E-state index in [2.05, 4.69) is 5.32 Å². The van der Waals surface area contributed by atoms with E-state index in [0.717, 1.165) is 11.3 Å². The smallest absolute Gasteiger partial charge is 0.349 e. The van der Waals surface area contributed by atoms with Gasteiger partial charge in [-0.2, -0.15) is 0 Å². The largest absolute Gasteiger partial charge is 0.480 e. The third kappa shape index (κ3) is 6.46. The molecule has 2 rings (SSSR count). The highest BCUT2D eigenvalue weighted by Gasteiger charge is 2.26. The third-order valence-electron chi connectivity index (χ3n) is 4.34. The van der Waals surface area contributed by atoms with Crippen LogP contribution < -0.4 is 15.0 Å². The van der Waals surface area contributed by atoms with E-state index in [-0.39, 0.29) is 28.1 Å². The van der Waals surface area contributed by atoms with Gasteiger partial charge in [-0.1, -0.05) is 32.9 Å². The van der Waals surface area contributed by atoms with Crippen LogP contribution in [0.25, 0.3) is 10.4 Å². The second kappa shape index (κ2) is 10.0. The van der Waals surface area contributed by atoms with E-state index in [1.54, 1.807) is 17.9 Å². The number of amides is 2. The van der Waals surface area contributed by atoms with E-state index in [4.69, 9.17) is 9.84 Å². The summed E-state index contributed by atoms with van der Waals surface area (Å²) in [7, 11) is 0. The first-order valence-electron chi connectivity index (χ1n) is 10.2. The maximum Gasteiger partial charge on any atom is 0.349 e. The normalized spacial score (nSPS) is 11.3. The number of ether oxygens (including phenoxy) is 1. The second-order valence-corrected chi connectivity index (χ2v) is 10.0. The minimum absolute atomic E-state index is 0.0280. The highest BCUT2D eigenvalue weighted by Crippen LogP contribution is 2.42. The number of benzene rings is 1. The van der Waals surface area contributed by atoms with Crippen molar-refractivity contribution in [3.8, 4) is 16.2 Å². The molecule has 0 spiro atoms. The Morgan fingerprint density at radius 1 is 1.19 bits per heavy atom. The average Bonchev–Trinajstić information content (AvgIpc) is 3.00. The van der Waals surface area contributed by atoms with Crippen molar-refractivity contribution in [1.29, 1.82) is 0 Å². The van der Waals surface area contributed by atoms with E-state index in [1.807, 2.05) is 52.8 Å². The monoisotopic (exact) mass is 462 g/mol. The Kier molecular flexibility index (Phi) is 7.90. The van der Waals surface area contributed by atoms with Crippen LogP contribution in [0.3, 0.4) is 0 Å². The lowest BCUT2D eigenvalue weighted by molar-refractivity contribution is -0.139. The fraction of sp³-hybridized carbons (Fsp3) is 0.435. The summed E-state index contributed by atoms with van der Waals surface area (Å²) in [5.41, 5.74) is 1.78. The van der Waals surface area contributed by atoms with Crippen molar-refractivity contribution in [2.75, 3.05) is 18.1 Å². The lowest BCUT2D eigenvalue weighted by Crippen LogP contribution is -2.46. The number of carbonyl (C=O) groups is 3. The summed E-state index contributed by atoms with van der Waals surface area (Å²) in [4.78, 5) is 37.8. The number of carbonyl (C=O) groups excluding carboxylic acids is 1. The zero-order chi connectivity index (χ0) is 24.2. The van der Waals surface area contributed by atoms with Crippen molar-refractivity contribution in [2.45, 2.75) is 47.6 Å². The van der Waals surface area contributed by atoms with Crippen LogP contribution >= 0.6 is 11.3 Å². The van der Waals surface area contributed by atoms with E-state index in [1.165, 1.54) is 0 Å². The highest BCUT2D eigenvalue weighted by molar-refractivity contribution is 7.18. The van der Waals surface area contributed by atoms with Gasteiger partial charge in [-0.05, 0) is 43.9 Å². The third-order valence-corrected chi connectivity index (χ3v) is 5.65. The van der Waals surface area contributed by atoms with Crippen LogP contribution in [-0.4, -0.2) is 47.4 Å². The molecule has 2 aromatic rings. The summed E-state index contributed by atoms with van der Waals surface area (Å²) < 4.78 is 5.27. The van der Waals surface area contributed by atoms with Gasteiger partial charge in [0, 0.05) is 28.7 Å². The molecule has 1 aromatic heterocycles. The second-order valence-electron chi connectivity index (χ2n) is 9.00. The molecule has 0 aliphatic carbocycles. The molecule has 3 N–H and O–H groups in total. The molecule has 32 heavy (non-hydrogen) atoms. The molecule has 0 bridgehead atoms. The van der Waals surface area contributed by atoms with Gasteiger partial charge in [0.2, 0.25) is 0 Å². The predicted octanol–water partition coefficient (Wildman–Crippen LogP) is 4.86. The highest BCUT2D eigenvalue weighted by atomic mass is 32.1. The Morgan fingerprint density at radius 3 is 2.38 bits per heavy atom. The topological polar surface area (TPSA) is 116 Å². The van der Waals surface area contributed by atoms with Gasteiger partial charge in [-0.15, -0.1) is 11.3 Å². The maximum absolute atomic E-state index is 12.9. The van der Waals surface area contributed by atoms with E-state index in [0.29, 0.717) is 28.2 Å². The summed E-state index contributed by atoms with van der Waals surface area (Å²) in [6.45, 7) is 11.5. The number of thiophene rings is 1. The molecule has 0 aliphatic heterocycles. The molecule has 1 heterocycles. The first-order chi connectivity index (χ1) is 14.8. The Hall–Kier alpha value is -3.07. The number of nitrogens with zero attached hydrogens (tertiary/aromatic N) is 1. The number of aromatic carboxylic acids is 1. The zero-order valence-corrected chi connectivity index (χ0v) is 20.0. The Bertz CT molecular complexity index is 1010. The lowest BCUT2D eigenvalue weighted by atomic mass is 9.95. The number of nitrogens with one attached hydrogen (secondary N) is 1. The standard InChI is InChI=1S/C23H30N2O6S/c1-13(2)24-22(30)25(12-23(4,5)6)16-9-7-8-15(10-16)19-14(3)18(31-11-17(26)27)20(32-19)21(28)29/h7-10,13H,11-12H2,1-6H3,(H,24,30)(H,26,27)(H,28,29). The maximum atomic E-state index is 12.9. The van der Waals surface area contributed by atoms with Gasteiger partial charge >= 0.3 is 18.0 Å². The van der Waals surface area contributed by atoms with Gasteiger partial charge in [0.15, 0.2) is 11.5 Å². The number of aliphatic carboxylic acids is 1. The van der Waals surface area contributed by atoms with Crippen LogP contribution in [0.15, 0.2) is 24.3 Å². The van der Waals surface area contributed by atoms with Crippen molar-refractivity contribution >= 4 is 35.0 Å². The van der Waals surface area contributed by atoms with Gasteiger partial charge in [-0.25, -0.2) is 14.4 Å². The first kappa shape index (κ1) is 25.2. The number of carboxylic acids is 2. The Balaban J connectivity index is 2.53. The fourth-order valence-corrected chi connectivity index (χ4v) is 4.20. The van der Waals surface area contributed by atoms with E-state index >= 15 is 0 Å². The molecule has 0 aliphatic rings. The van der Waals surface area contributed by atoms with Crippen molar-refractivity contribution in [2.24, 2.45) is 5.41 Å². The van der Waals surface area contributed by atoms with Crippen LogP contribution in [0.4, 0.5) is 10.5 Å². The molecule has 0 radical (unpaired) electrons. The molecule has 0 atom stereocenters. The summed E-state index contributed by atoms with van der Waals surface area (Å²) in [5.74, 6) is -2.33. The predicted molar refractivity (Wildman–Crippen MR) is 125 cm³/mol. The van der Waals surface area contributed by atoms with E-state index in [9.17, 15) is 19.5 Å². The summed E-state index contributed by atoms with van der Waals surface area (Å²) >= 11 is 1.02. The number of urea groups is 1. The molecule has 174 valence electrons. The Labute approximate surface area is 191 Å². The number of hydrogen-bond donors (Lipinski definition) is 3. The van der Waals surface area contributed by atoms with Crippen LogP contribution in [0.2, 0.25) is 0 Å². The lowest BCUT2D eigenvalue weighted by Gasteiger charge is -2.31. The fourth-order valence-electron chi connectivity index (χ4n) is 3.12. The Morgan fingerprint density at radius 2 is 1.84 bits per heavy atom. The molecule has 9 heteroatoms. The molecule has 0 saturated heterocycles. The van der Waals surface area contributed by atoms with Crippen LogP contribution in [0.5, 0.6) is 5.75 Å². The minimum atomic E-state index is -1.19. The van der Waals surface area contributed by atoms with Gasteiger partial charge in [-0.3, -0.25) is 4.90 Å². The van der Waals surface area contributed by atoms with Gasteiger partial charge in [0.1, 0.15) is 5.75 Å². The molecular weight excluding hydrogens is 432 g/mol. The number of carboxylic acid groups (broad SMARTS) is 2. The van der Waals surface area contributed by atoms with Gasteiger partial charge < -0.3 is 20.3 Å².